The van der Waals surface area contributed by atoms with Crippen molar-refractivity contribution in [3.8, 4) is 0 Å². The van der Waals surface area contributed by atoms with Crippen LogP contribution >= 0.6 is 0 Å². The molecule has 3 atom stereocenters. The molecule has 2 N–H and O–H groups in total. The molecule has 2 aromatic carbocycles. The number of carbonyl (C=O) groups excluding carboxylic acids is 2. The molecule has 2 aromatic rings. The summed E-state index contributed by atoms with van der Waals surface area (Å²) in [6.45, 7) is 3.96. The van der Waals surface area contributed by atoms with Crippen molar-refractivity contribution in [3.05, 3.63) is 71.5 Å². The van der Waals surface area contributed by atoms with E-state index in [1.54, 1.807) is 12.1 Å². The highest BCUT2D eigenvalue weighted by Crippen LogP contribution is 2.40. The summed E-state index contributed by atoms with van der Waals surface area (Å²) in [6.07, 6.45) is 3.47. The summed E-state index contributed by atoms with van der Waals surface area (Å²) in [7, 11) is 2.06. The van der Waals surface area contributed by atoms with Crippen LogP contribution in [-0.4, -0.2) is 73.5 Å². The molecule has 34 heavy (non-hydrogen) atoms. The molecule has 1 aliphatic heterocycles. The van der Waals surface area contributed by atoms with Gasteiger partial charge in [-0.05, 0) is 69.1 Å². The maximum Gasteiger partial charge on any atom is 0.251 e. The van der Waals surface area contributed by atoms with Crippen LogP contribution < -0.4 is 10.6 Å². The fourth-order valence-electron chi connectivity index (χ4n) is 4.60. The summed E-state index contributed by atoms with van der Waals surface area (Å²) in [5.41, 5.74) is 1.75. The lowest BCUT2D eigenvalue weighted by molar-refractivity contribution is -0.135. The van der Waals surface area contributed by atoms with E-state index < -0.39 is 6.04 Å². The minimum absolute atomic E-state index is 0.0175. The van der Waals surface area contributed by atoms with Gasteiger partial charge in [-0.1, -0.05) is 30.3 Å². The van der Waals surface area contributed by atoms with Crippen LogP contribution in [0.2, 0.25) is 0 Å². The van der Waals surface area contributed by atoms with Crippen LogP contribution in [-0.2, 0) is 4.79 Å². The van der Waals surface area contributed by atoms with Gasteiger partial charge in [0.2, 0.25) is 5.91 Å². The van der Waals surface area contributed by atoms with E-state index in [0.717, 1.165) is 38.9 Å². The molecule has 1 heterocycles. The van der Waals surface area contributed by atoms with Crippen molar-refractivity contribution in [2.75, 3.05) is 39.8 Å². The molecule has 182 valence electrons. The number of rotatable bonds is 10. The number of nitrogens with one attached hydrogen (secondary N) is 2. The smallest absolute Gasteiger partial charge is 0.251 e. The van der Waals surface area contributed by atoms with E-state index in [1.807, 2.05) is 35.2 Å². The normalized spacial score (nSPS) is 21.2. The number of unbranched alkanes of at least 4 members (excludes halogenated alkanes) is 1. The van der Waals surface area contributed by atoms with E-state index in [1.165, 1.54) is 17.7 Å². The Bertz CT molecular complexity index is 945. The van der Waals surface area contributed by atoms with Crippen LogP contribution in [0, 0.1) is 5.82 Å². The number of benzene rings is 2. The minimum Gasteiger partial charge on any atom is -0.340 e. The van der Waals surface area contributed by atoms with Gasteiger partial charge in [0.05, 0.1) is 0 Å². The van der Waals surface area contributed by atoms with Crippen LogP contribution in [0.4, 0.5) is 4.39 Å². The summed E-state index contributed by atoms with van der Waals surface area (Å²) in [5, 5.41) is 6.57. The highest BCUT2D eigenvalue weighted by atomic mass is 19.1. The fraction of sp³-hybridized carbons (Fsp3) is 0.481. The average Bonchev–Trinajstić information content (AvgIpc) is 3.63. The van der Waals surface area contributed by atoms with Gasteiger partial charge in [0.25, 0.3) is 5.91 Å². The molecular weight excluding hydrogens is 431 g/mol. The summed E-state index contributed by atoms with van der Waals surface area (Å²) < 4.78 is 13.1. The van der Waals surface area contributed by atoms with Crippen LogP contribution in [0.5, 0.6) is 0 Å². The van der Waals surface area contributed by atoms with Gasteiger partial charge in [0, 0.05) is 43.7 Å². The number of piperazine rings is 1. The average molecular weight is 467 g/mol. The summed E-state index contributed by atoms with van der Waals surface area (Å²) in [5.74, 6) is 0.0708. The van der Waals surface area contributed by atoms with E-state index in [4.69, 9.17) is 0 Å². The maximum absolute atomic E-state index is 13.2. The molecule has 0 radical (unpaired) electrons. The van der Waals surface area contributed by atoms with E-state index in [2.05, 4.69) is 22.6 Å². The molecule has 1 saturated heterocycles. The van der Waals surface area contributed by atoms with E-state index in [0.29, 0.717) is 37.0 Å². The van der Waals surface area contributed by atoms with Gasteiger partial charge in [-0.2, -0.15) is 0 Å². The van der Waals surface area contributed by atoms with Crippen molar-refractivity contribution in [2.45, 2.75) is 43.7 Å². The number of halogens is 1. The standard InChI is InChI=1S/C27H35FN4O2/c1-31-15-17-32(18-16-31)27(34)24(30-26(33)21-7-3-2-4-8-21)9-5-6-14-29-25-19-23(25)20-10-12-22(28)13-11-20/h2-4,7-8,10-13,23-25,29H,5-6,9,14-19H2,1H3,(H,30,33). The van der Waals surface area contributed by atoms with Gasteiger partial charge in [0.1, 0.15) is 11.9 Å². The summed E-state index contributed by atoms with van der Waals surface area (Å²) in [4.78, 5) is 30.1. The van der Waals surface area contributed by atoms with Crippen molar-refractivity contribution in [3.63, 3.8) is 0 Å². The van der Waals surface area contributed by atoms with Gasteiger partial charge < -0.3 is 20.4 Å². The van der Waals surface area contributed by atoms with Gasteiger partial charge in [-0.25, -0.2) is 4.39 Å². The molecule has 2 fully saturated rings. The Morgan fingerprint density at radius 1 is 1.00 bits per heavy atom. The zero-order valence-corrected chi connectivity index (χ0v) is 19.9. The van der Waals surface area contributed by atoms with E-state index in [9.17, 15) is 14.0 Å². The molecule has 7 heteroatoms. The molecule has 0 aromatic heterocycles. The van der Waals surface area contributed by atoms with Crippen LogP contribution in [0.1, 0.15) is 47.5 Å². The summed E-state index contributed by atoms with van der Waals surface area (Å²) >= 11 is 0. The van der Waals surface area contributed by atoms with E-state index >= 15 is 0 Å². The molecule has 3 unspecified atom stereocenters. The number of amides is 2. The minimum atomic E-state index is -0.510. The summed E-state index contributed by atoms with van der Waals surface area (Å²) in [6, 6.07) is 15.8. The molecule has 0 spiro atoms. The SMILES string of the molecule is CN1CCN(C(=O)C(CCCCNC2CC2c2ccc(F)cc2)NC(=O)c2ccccc2)CC1. The van der Waals surface area contributed by atoms with Crippen LogP contribution in [0.15, 0.2) is 54.6 Å². The maximum atomic E-state index is 13.2. The molecular formula is C27H35FN4O2. The molecule has 1 saturated carbocycles. The number of hydrogen-bond donors (Lipinski definition) is 2. The van der Waals surface area contributed by atoms with Gasteiger partial charge in [0.15, 0.2) is 0 Å². The second-order valence-electron chi connectivity index (χ2n) is 9.47. The lowest BCUT2D eigenvalue weighted by Gasteiger charge is -2.34. The largest absolute Gasteiger partial charge is 0.340 e. The first-order valence-corrected chi connectivity index (χ1v) is 12.3. The lowest BCUT2D eigenvalue weighted by atomic mass is 10.1. The molecule has 6 nitrogen and oxygen atoms in total. The predicted molar refractivity (Wildman–Crippen MR) is 131 cm³/mol. The van der Waals surface area contributed by atoms with E-state index in [-0.39, 0.29) is 17.6 Å². The predicted octanol–water partition coefficient (Wildman–Crippen LogP) is 3.01. The molecule has 2 aliphatic rings. The Morgan fingerprint density at radius 3 is 2.41 bits per heavy atom. The molecule has 0 bridgehead atoms. The number of nitrogens with zero attached hydrogens (tertiary/aromatic N) is 2. The van der Waals surface area contributed by atoms with Crippen LogP contribution in [0.25, 0.3) is 0 Å². The molecule has 1 aliphatic carbocycles. The Morgan fingerprint density at radius 2 is 1.71 bits per heavy atom. The molecule has 4 rings (SSSR count). The second-order valence-corrected chi connectivity index (χ2v) is 9.47. The molecule has 2 amide bonds. The Balaban J connectivity index is 1.25. The Kier molecular flexibility index (Phi) is 8.29. The van der Waals surface area contributed by atoms with Crippen molar-refractivity contribution in [2.24, 2.45) is 0 Å². The highest BCUT2D eigenvalue weighted by molar-refractivity contribution is 5.97. The lowest BCUT2D eigenvalue weighted by Crippen LogP contribution is -2.54. The number of likely N-dealkylation sites (N-methyl/N-ethyl adjacent to an activating group) is 1. The number of hydrogen-bond acceptors (Lipinski definition) is 4. The monoisotopic (exact) mass is 466 g/mol. The Hall–Kier alpha value is -2.77. The van der Waals surface area contributed by atoms with Gasteiger partial charge in [-0.3, -0.25) is 9.59 Å². The van der Waals surface area contributed by atoms with Gasteiger partial charge >= 0.3 is 0 Å². The third-order valence-electron chi connectivity index (χ3n) is 6.87. The second kappa shape index (κ2) is 11.6. The topological polar surface area (TPSA) is 64.7 Å². The third kappa shape index (κ3) is 6.64. The van der Waals surface area contributed by atoms with Crippen molar-refractivity contribution >= 4 is 11.8 Å². The first-order valence-electron chi connectivity index (χ1n) is 12.3. The zero-order valence-electron chi connectivity index (χ0n) is 19.9. The van der Waals surface area contributed by atoms with Crippen LogP contribution in [0.3, 0.4) is 0 Å². The first kappa shape index (κ1) is 24.4. The Labute approximate surface area is 201 Å². The highest BCUT2D eigenvalue weighted by Gasteiger charge is 2.37. The van der Waals surface area contributed by atoms with Crippen molar-refractivity contribution < 1.29 is 14.0 Å². The fourth-order valence-corrected chi connectivity index (χ4v) is 4.60. The first-order chi connectivity index (χ1) is 16.5. The third-order valence-corrected chi connectivity index (χ3v) is 6.87. The number of carbonyl (C=O) groups is 2. The van der Waals surface area contributed by atoms with Gasteiger partial charge in [-0.15, -0.1) is 0 Å². The zero-order chi connectivity index (χ0) is 23.9. The van der Waals surface area contributed by atoms with Crippen molar-refractivity contribution in [1.82, 2.24) is 20.4 Å². The van der Waals surface area contributed by atoms with Crippen molar-refractivity contribution in [1.29, 1.82) is 0 Å². The quantitative estimate of drug-likeness (QED) is 0.529.